The minimum atomic E-state index is -0.861. The van der Waals surface area contributed by atoms with Crippen molar-refractivity contribution in [3.05, 3.63) is 0 Å². The van der Waals surface area contributed by atoms with E-state index in [1.807, 2.05) is 0 Å². The van der Waals surface area contributed by atoms with Crippen LogP contribution >= 0.6 is 17.2 Å². The molecule has 0 aliphatic heterocycles. The fraction of sp³-hybridized carbons (Fsp3) is 1.00. The van der Waals surface area contributed by atoms with E-state index in [1.165, 1.54) is 55.7 Å². The van der Waals surface area contributed by atoms with Gasteiger partial charge < -0.3 is 0 Å². The predicted octanol–water partition coefficient (Wildman–Crippen LogP) is 6.93. The summed E-state index contributed by atoms with van der Waals surface area (Å²) in [6.45, 7) is 9.77. The van der Waals surface area contributed by atoms with Crippen LogP contribution in [0, 0.1) is 5.41 Å². The standard InChI is InChI=1S/C16H33P2.2CH3.Ti/c1-5-7-9-16(10-8-6-2)12-14(17-3)11-15(13-16)18-4;;;/h14,17-18H,5-13H2,1-4H3;2*1H3;. The van der Waals surface area contributed by atoms with Gasteiger partial charge in [0.2, 0.25) is 0 Å². The Labute approximate surface area is 144 Å². The van der Waals surface area contributed by atoms with Crippen LogP contribution in [0.25, 0.3) is 0 Å². The van der Waals surface area contributed by atoms with E-state index in [-0.39, 0.29) is 0 Å². The summed E-state index contributed by atoms with van der Waals surface area (Å²) in [7, 11) is 2.38. The molecule has 4 unspecified atom stereocenters. The van der Waals surface area contributed by atoms with Crippen molar-refractivity contribution in [3.8, 4) is 0 Å². The Balaban J connectivity index is 3.01. The Bertz CT molecular complexity index is 285. The molecule has 0 aromatic heterocycles. The Hall–Kier alpha value is 1.57. The molecule has 4 atom stereocenters. The number of hydrogen-bond donors (Lipinski definition) is 0. The molecule has 0 heterocycles. The Morgan fingerprint density at radius 2 is 1.57 bits per heavy atom. The third-order valence-electron chi connectivity index (χ3n) is 5.92. The van der Waals surface area contributed by atoms with Gasteiger partial charge in [-0.15, -0.1) is 0 Å². The van der Waals surface area contributed by atoms with Crippen molar-refractivity contribution in [2.24, 2.45) is 5.41 Å². The van der Waals surface area contributed by atoms with Gasteiger partial charge in [-0.3, -0.25) is 0 Å². The van der Waals surface area contributed by atoms with Gasteiger partial charge in [0.1, 0.15) is 0 Å². The van der Waals surface area contributed by atoms with Crippen LogP contribution in [0.4, 0.5) is 0 Å². The second-order valence-corrected chi connectivity index (χ2v) is 15.9. The van der Waals surface area contributed by atoms with Crippen molar-refractivity contribution in [3.63, 3.8) is 0 Å². The summed E-state index contributed by atoms with van der Waals surface area (Å²) in [5, 5.41) is 5.34. The first-order chi connectivity index (χ1) is 9.97. The Kier molecular flexibility index (Phi) is 9.59. The molecule has 1 aliphatic carbocycles. The van der Waals surface area contributed by atoms with Gasteiger partial charge in [0.25, 0.3) is 0 Å². The molecular formula is C18H39P2Ti. The molecule has 1 rings (SSSR count). The molecule has 125 valence electrons. The first kappa shape index (κ1) is 20.6. The molecule has 0 saturated heterocycles. The van der Waals surface area contributed by atoms with Gasteiger partial charge >= 0.3 is 145 Å². The van der Waals surface area contributed by atoms with E-state index >= 15 is 0 Å². The fourth-order valence-electron chi connectivity index (χ4n) is 4.43. The molecule has 0 aromatic carbocycles. The first-order valence-corrected chi connectivity index (χ1v) is 16.1. The molecule has 0 amide bonds. The molecule has 0 spiro atoms. The van der Waals surface area contributed by atoms with Gasteiger partial charge in [0.15, 0.2) is 0 Å². The number of hydrogen-bond acceptors (Lipinski definition) is 0. The average molecular weight is 365 g/mol. The van der Waals surface area contributed by atoms with Crippen molar-refractivity contribution >= 4 is 17.2 Å². The summed E-state index contributed by atoms with van der Waals surface area (Å²) in [6.07, 6.45) is 13.5. The first-order valence-electron chi connectivity index (χ1n) is 9.14. The van der Waals surface area contributed by atoms with Crippen molar-refractivity contribution < 1.29 is 17.9 Å². The van der Waals surface area contributed by atoms with Crippen LogP contribution in [0.2, 0.25) is 10.5 Å². The molecule has 1 aliphatic rings. The van der Waals surface area contributed by atoms with Gasteiger partial charge in [-0.25, -0.2) is 0 Å². The quantitative estimate of drug-likeness (QED) is 0.307. The van der Waals surface area contributed by atoms with E-state index < -0.39 is 17.9 Å². The van der Waals surface area contributed by atoms with E-state index in [2.05, 4.69) is 37.6 Å². The van der Waals surface area contributed by atoms with E-state index in [1.54, 1.807) is 19.3 Å². The Morgan fingerprint density at radius 1 is 1.00 bits per heavy atom. The zero-order valence-corrected chi connectivity index (χ0v) is 19.0. The van der Waals surface area contributed by atoms with Gasteiger partial charge in [-0.1, -0.05) is 0 Å². The predicted molar refractivity (Wildman–Crippen MR) is 102 cm³/mol. The zero-order chi connectivity index (χ0) is 15.9. The van der Waals surface area contributed by atoms with Gasteiger partial charge in [0, 0.05) is 0 Å². The molecular weight excluding hydrogens is 326 g/mol. The maximum absolute atomic E-state index is 2.67. The summed E-state index contributed by atoms with van der Waals surface area (Å²) >= 11 is -0.861. The van der Waals surface area contributed by atoms with E-state index in [9.17, 15) is 0 Å². The molecule has 3 heteroatoms. The summed E-state index contributed by atoms with van der Waals surface area (Å²) in [6, 6.07) is 0. The summed E-state index contributed by atoms with van der Waals surface area (Å²) in [5.41, 5.74) is 1.79. The van der Waals surface area contributed by atoms with E-state index in [0.717, 1.165) is 14.5 Å². The van der Waals surface area contributed by atoms with Gasteiger partial charge in [-0.2, -0.15) is 0 Å². The molecule has 0 bridgehead atoms. The van der Waals surface area contributed by atoms with Crippen molar-refractivity contribution in [2.75, 3.05) is 13.3 Å². The summed E-state index contributed by atoms with van der Waals surface area (Å²) in [5.74, 6) is 0. The van der Waals surface area contributed by atoms with Crippen molar-refractivity contribution in [1.82, 2.24) is 0 Å². The van der Waals surface area contributed by atoms with Crippen LogP contribution in [0.15, 0.2) is 0 Å². The van der Waals surface area contributed by atoms with E-state index in [4.69, 9.17) is 0 Å². The van der Waals surface area contributed by atoms with Crippen LogP contribution in [0.5, 0.6) is 0 Å². The zero-order valence-electron chi connectivity index (χ0n) is 15.4. The second kappa shape index (κ2) is 9.77. The number of unbranched alkanes of at least 4 members (excludes halogenated alkanes) is 2. The van der Waals surface area contributed by atoms with Crippen molar-refractivity contribution in [2.45, 2.75) is 91.2 Å². The fourth-order valence-corrected chi connectivity index (χ4v) is 12.2. The molecule has 0 aromatic rings. The normalized spacial score (nSPS) is 29.7. The minimum absolute atomic E-state index is 0.727. The molecule has 1 saturated carbocycles. The summed E-state index contributed by atoms with van der Waals surface area (Å²) in [4.78, 5) is 0. The van der Waals surface area contributed by atoms with Crippen LogP contribution in [0.3, 0.4) is 0 Å². The monoisotopic (exact) mass is 365 g/mol. The van der Waals surface area contributed by atoms with Crippen LogP contribution in [0.1, 0.15) is 71.6 Å². The topological polar surface area (TPSA) is 0 Å². The van der Waals surface area contributed by atoms with Gasteiger partial charge in [-0.05, 0) is 0 Å². The SMILES string of the molecule is CCCCC1(CCCC)CC(PC)C[C](PC)([Ti]([CH3])[CH3])C1. The maximum atomic E-state index is 2.67. The third-order valence-corrected chi connectivity index (χ3v) is 15.3. The third kappa shape index (κ3) is 5.56. The van der Waals surface area contributed by atoms with Gasteiger partial charge in [0.05, 0.1) is 0 Å². The Morgan fingerprint density at radius 3 is 1.95 bits per heavy atom. The van der Waals surface area contributed by atoms with E-state index in [0.29, 0.717) is 0 Å². The molecule has 1 fully saturated rings. The second-order valence-electron chi connectivity index (χ2n) is 7.61. The van der Waals surface area contributed by atoms with Crippen LogP contribution in [-0.2, 0) is 17.9 Å². The molecule has 0 N–H and O–H groups in total. The molecule has 0 nitrogen and oxygen atoms in total. The molecule has 21 heavy (non-hydrogen) atoms. The van der Waals surface area contributed by atoms with Crippen LogP contribution < -0.4 is 0 Å². The average Bonchev–Trinajstić information content (AvgIpc) is 2.50. The van der Waals surface area contributed by atoms with Crippen molar-refractivity contribution in [1.29, 1.82) is 0 Å². The van der Waals surface area contributed by atoms with Crippen LogP contribution in [-0.4, -0.2) is 22.4 Å². The molecule has 0 radical (unpaired) electrons. The number of rotatable bonds is 9. The summed E-state index contributed by atoms with van der Waals surface area (Å²) < 4.78 is 0.827.